The van der Waals surface area contributed by atoms with Crippen molar-refractivity contribution in [3.05, 3.63) is 0 Å². The van der Waals surface area contributed by atoms with E-state index >= 15 is 0 Å². The van der Waals surface area contributed by atoms with Crippen LogP contribution in [0.15, 0.2) is 0 Å². The van der Waals surface area contributed by atoms with Crippen molar-refractivity contribution >= 4 is 19.7 Å². The highest BCUT2D eigenvalue weighted by molar-refractivity contribution is 7.47. The zero-order chi connectivity index (χ0) is 39.6. The summed E-state index contributed by atoms with van der Waals surface area (Å²) >= 11 is 0. The fourth-order valence-electron chi connectivity index (χ4n) is 6.79. The van der Waals surface area contributed by atoms with E-state index in [-0.39, 0.29) is 25.7 Å². The number of nitrogens with one attached hydrogen (secondary N) is 1. The first-order chi connectivity index (χ1) is 26.3. The van der Waals surface area contributed by atoms with Crippen LogP contribution in [0.3, 0.4) is 0 Å². The molecule has 322 valence electrons. The number of phosphoric acid groups is 1. The second-order valence-electron chi connectivity index (χ2n) is 15.7. The largest absolute Gasteiger partial charge is 0.472 e. The van der Waals surface area contributed by atoms with Gasteiger partial charge in [0.05, 0.1) is 13.2 Å². The maximum absolute atomic E-state index is 12.1. The molecule has 2 atom stereocenters. The van der Waals surface area contributed by atoms with Gasteiger partial charge in [-0.1, -0.05) is 213 Å². The molecule has 0 radical (unpaired) electrons. The van der Waals surface area contributed by atoms with Crippen LogP contribution in [0.4, 0.5) is 0 Å². The van der Waals surface area contributed by atoms with Crippen molar-refractivity contribution in [3.63, 3.8) is 0 Å². The molecular weight excluding hydrogens is 701 g/mol. The average Bonchev–Trinajstić information content (AvgIpc) is 3.16. The summed E-state index contributed by atoms with van der Waals surface area (Å²) in [6.07, 6.45) is 41.7. The number of rotatable bonds is 44. The number of carbonyl (C=O) groups excluding carboxylic acids is 2. The molecule has 0 aromatic heterocycles. The zero-order valence-corrected chi connectivity index (χ0v) is 36.3. The Morgan fingerprint density at radius 2 is 0.833 bits per heavy atom. The number of ether oxygens (including phenoxy) is 1. The standard InChI is InChI=1S/C44H88NO8P/c1-3-5-7-9-11-13-15-17-19-20-21-22-23-25-27-29-31-33-35-37-44(48)51-40-42(46)41-53-54(49,50)52-39-38-45-43(47)36-34-32-30-28-26-24-18-16-14-12-10-8-6-4-2/h42,46H,3-41H2,1-2H3,(H,45,47)(H,49,50). The third-order valence-electron chi connectivity index (χ3n) is 10.3. The van der Waals surface area contributed by atoms with Gasteiger partial charge in [-0.2, -0.15) is 0 Å². The van der Waals surface area contributed by atoms with Gasteiger partial charge in [0.25, 0.3) is 0 Å². The molecule has 0 fully saturated rings. The second kappa shape index (κ2) is 41.6. The molecule has 0 aromatic rings. The summed E-state index contributed by atoms with van der Waals surface area (Å²) in [6, 6.07) is 0. The molecule has 0 bridgehead atoms. The predicted octanol–water partition coefficient (Wildman–Crippen LogP) is 12.8. The van der Waals surface area contributed by atoms with Gasteiger partial charge < -0.3 is 20.1 Å². The Morgan fingerprint density at radius 3 is 1.20 bits per heavy atom. The van der Waals surface area contributed by atoms with E-state index in [0.717, 1.165) is 38.5 Å². The van der Waals surface area contributed by atoms with E-state index in [1.807, 2.05) is 0 Å². The highest BCUT2D eigenvalue weighted by Gasteiger charge is 2.23. The van der Waals surface area contributed by atoms with Gasteiger partial charge in [0.15, 0.2) is 0 Å². The number of aliphatic hydroxyl groups excluding tert-OH is 1. The van der Waals surface area contributed by atoms with Crippen molar-refractivity contribution in [2.45, 2.75) is 245 Å². The van der Waals surface area contributed by atoms with Crippen molar-refractivity contribution in [2.24, 2.45) is 0 Å². The Labute approximate surface area is 333 Å². The van der Waals surface area contributed by atoms with E-state index < -0.39 is 26.5 Å². The number of hydrogen-bond donors (Lipinski definition) is 3. The van der Waals surface area contributed by atoms with Gasteiger partial charge >= 0.3 is 13.8 Å². The number of amides is 1. The first-order valence-corrected chi connectivity index (χ1v) is 24.5. The summed E-state index contributed by atoms with van der Waals surface area (Å²) in [5.74, 6) is -0.502. The van der Waals surface area contributed by atoms with Crippen molar-refractivity contribution in [3.8, 4) is 0 Å². The van der Waals surface area contributed by atoms with Crippen molar-refractivity contribution < 1.29 is 37.9 Å². The fourth-order valence-corrected chi connectivity index (χ4v) is 7.55. The van der Waals surface area contributed by atoms with Crippen LogP contribution in [0.2, 0.25) is 0 Å². The maximum atomic E-state index is 12.1. The Hall–Kier alpha value is -0.990. The molecular formula is C44H88NO8P. The molecule has 54 heavy (non-hydrogen) atoms. The lowest BCUT2D eigenvalue weighted by molar-refractivity contribution is -0.147. The van der Waals surface area contributed by atoms with Crippen LogP contribution < -0.4 is 5.32 Å². The molecule has 0 saturated carbocycles. The molecule has 1 amide bonds. The molecule has 0 heterocycles. The summed E-state index contributed by atoms with van der Waals surface area (Å²) in [5, 5.41) is 12.7. The normalized spacial score (nSPS) is 13.2. The molecule has 3 N–H and O–H groups in total. The van der Waals surface area contributed by atoms with Crippen molar-refractivity contribution in [1.29, 1.82) is 0 Å². The summed E-state index contributed by atoms with van der Waals surface area (Å²) in [4.78, 5) is 33.9. The van der Waals surface area contributed by atoms with Gasteiger partial charge in [0.1, 0.15) is 12.7 Å². The summed E-state index contributed by atoms with van der Waals surface area (Å²) < 4.78 is 26.9. The van der Waals surface area contributed by atoms with E-state index in [0.29, 0.717) is 12.8 Å². The number of esters is 1. The Kier molecular flexibility index (Phi) is 40.9. The third kappa shape index (κ3) is 42.2. The third-order valence-corrected chi connectivity index (χ3v) is 11.3. The first-order valence-electron chi connectivity index (χ1n) is 23.0. The van der Waals surface area contributed by atoms with Gasteiger partial charge in [-0.3, -0.25) is 18.6 Å². The number of carbonyl (C=O) groups is 2. The topological polar surface area (TPSA) is 131 Å². The minimum absolute atomic E-state index is 0.0883. The van der Waals surface area contributed by atoms with Crippen molar-refractivity contribution in [1.82, 2.24) is 5.32 Å². The van der Waals surface area contributed by atoms with Crippen LogP contribution in [-0.2, 0) is 27.9 Å². The molecule has 0 saturated heterocycles. The average molecular weight is 790 g/mol. The highest BCUT2D eigenvalue weighted by atomic mass is 31.2. The Morgan fingerprint density at radius 1 is 0.500 bits per heavy atom. The molecule has 0 aliphatic rings. The summed E-state index contributed by atoms with van der Waals surface area (Å²) in [5.41, 5.74) is 0. The quantitative estimate of drug-likeness (QED) is 0.0316. The van der Waals surface area contributed by atoms with E-state index in [1.165, 1.54) is 173 Å². The second-order valence-corrected chi connectivity index (χ2v) is 17.2. The molecule has 2 unspecified atom stereocenters. The summed E-state index contributed by atoms with van der Waals surface area (Å²) in [7, 11) is -4.41. The van der Waals surface area contributed by atoms with E-state index in [1.54, 1.807) is 0 Å². The first kappa shape index (κ1) is 53.0. The van der Waals surface area contributed by atoms with Crippen LogP contribution in [0, 0.1) is 0 Å². The maximum Gasteiger partial charge on any atom is 0.472 e. The van der Waals surface area contributed by atoms with Crippen LogP contribution >= 0.6 is 7.82 Å². The van der Waals surface area contributed by atoms with Gasteiger partial charge in [-0.25, -0.2) is 4.57 Å². The van der Waals surface area contributed by atoms with Crippen LogP contribution in [0.25, 0.3) is 0 Å². The predicted molar refractivity (Wildman–Crippen MR) is 225 cm³/mol. The van der Waals surface area contributed by atoms with E-state index in [2.05, 4.69) is 19.2 Å². The fraction of sp³-hybridized carbons (Fsp3) is 0.955. The molecule has 10 heteroatoms. The van der Waals surface area contributed by atoms with Crippen LogP contribution in [-0.4, -0.2) is 54.3 Å². The molecule has 0 aliphatic carbocycles. The Balaban J connectivity index is 3.53. The van der Waals surface area contributed by atoms with Gasteiger partial charge in [-0.05, 0) is 12.8 Å². The molecule has 0 rings (SSSR count). The minimum atomic E-state index is -4.41. The lowest BCUT2D eigenvalue weighted by Gasteiger charge is -2.15. The number of hydrogen-bond acceptors (Lipinski definition) is 7. The summed E-state index contributed by atoms with van der Waals surface area (Å²) in [6.45, 7) is 3.60. The van der Waals surface area contributed by atoms with Gasteiger partial charge in [0, 0.05) is 19.4 Å². The van der Waals surface area contributed by atoms with E-state index in [4.69, 9.17) is 13.8 Å². The molecule has 0 aliphatic heterocycles. The highest BCUT2D eigenvalue weighted by Crippen LogP contribution is 2.42. The molecule has 9 nitrogen and oxygen atoms in total. The van der Waals surface area contributed by atoms with Crippen LogP contribution in [0.5, 0.6) is 0 Å². The zero-order valence-electron chi connectivity index (χ0n) is 35.4. The number of unbranched alkanes of at least 4 members (excludes halogenated alkanes) is 31. The lowest BCUT2D eigenvalue weighted by atomic mass is 10.0. The minimum Gasteiger partial charge on any atom is -0.463 e. The SMILES string of the molecule is CCCCCCCCCCCCCCCCCCCCCC(=O)OCC(O)COP(=O)(O)OCCNC(=O)CCCCCCCCCCCCCCCC. The molecule has 0 aromatic carbocycles. The number of phosphoric ester groups is 1. The van der Waals surface area contributed by atoms with E-state index in [9.17, 15) is 24.2 Å². The smallest absolute Gasteiger partial charge is 0.463 e. The van der Waals surface area contributed by atoms with Gasteiger partial charge in [-0.15, -0.1) is 0 Å². The van der Waals surface area contributed by atoms with Gasteiger partial charge in [0.2, 0.25) is 5.91 Å². The monoisotopic (exact) mass is 790 g/mol. The molecule has 0 spiro atoms. The Bertz CT molecular complexity index is 860. The number of aliphatic hydroxyl groups is 1. The van der Waals surface area contributed by atoms with Crippen LogP contribution in [0.1, 0.15) is 239 Å². The van der Waals surface area contributed by atoms with Crippen molar-refractivity contribution in [2.75, 3.05) is 26.4 Å². The lowest BCUT2D eigenvalue weighted by Crippen LogP contribution is -2.27.